The van der Waals surface area contributed by atoms with E-state index in [9.17, 15) is 4.79 Å². The van der Waals surface area contributed by atoms with Crippen LogP contribution < -0.4 is 14.4 Å². The van der Waals surface area contributed by atoms with Crippen molar-refractivity contribution < 1.29 is 19.2 Å². The van der Waals surface area contributed by atoms with Gasteiger partial charge in [0, 0.05) is 5.56 Å². The van der Waals surface area contributed by atoms with E-state index in [0.29, 0.717) is 17.1 Å². The lowest BCUT2D eigenvalue weighted by Gasteiger charge is -2.32. The van der Waals surface area contributed by atoms with Gasteiger partial charge in [-0.3, -0.25) is 4.79 Å². The number of methoxy groups -OCH3 is 2. The molecule has 0 bridgehead atoms. The number of nitrogens with zero attached hydrogens (tertiary/aromatic N) is 1. The minimum Gasteiger partial charge on any atom is -0.493 e. The largest absolute Gasteiger partial charge is 0.493 e. The average Bonchev–Trinajstić information content (AvgIpc) is 2.78. The number of piperazine rings is 1. The third-order valence-corrected chi connectivity index (χ3v) is 5.71. The van der Waals surface area contributed by atoms with Crippen LogP contribution in [0.15, 0.2) is 60.7 Å². The van der Waals surface area contributed by atoms with Crippen molar-refractivity contribution >= 4 is 16.7 Å². The summed E-state index contributed by atoms with van der Waals surface area (Å²) in [6.07, 6.45) is 0. The van der Waals surface area contributed by atoms with Gasteiger partial charge < -0.3 is 19.3 Å². The molecule has 0 spiro atoms. The molecule has 0 aliphatic carbocycles. The first kappa shape index (κ1) is 19.3. The normalized spacial score (nSPS) is 14.8. The van der Waals surface area contributed by atoms with Crippen molar-refractivity contribution in [3.63, 3.8) is 0 Å². The number of para-hydroxylation sites is 1. The zero-order valence-corrected chi connectivity index (χ0v) is 17.0. The molecule has 150 valence electrons. The molecule has 5 nitrogen and oxygen atoms in total. The van der Waals surface area contributed by atoms with Gasteiger partial charge in [0.15, 0.2) is 11.5 Å². The second-order valence-corrected chi connectivity index (χ2v) is 7.40. The summed E-state index contributed by atoms with van der Waals surface area (Å²) in [5.74, 6) is 1.09. The first-order valence-corrected chi connectivity index (χ1v) is 10.0. The molecule has 1 aliphatic rings. The Kier molecular flexibility index (Phi) is 5.67. The zero-order chi connectivity index (χ0) is 20.2. The monoisotopic (exact) mass is 391 g/mol. The molecule has 4 rings (SSSR count). The highest BCUT2D eigenvalue weighted by molar-refractivity contribution is 5.97. The number of carbonyl (C=O) groups excluding carboxylic acids is 1. The zero-order valence-electron chi connectivity index (χ0n) is 17.0. The summed E-state index contributed by atoms with van der Waals surface area (Å²) in [6, 6.07) is 20.5. The van der Waals surface area contributed by atoms with Gasteiger partial charge in [-0.25, -0.2) is 0 Å². The third-order valence-electron chi connectivity index (χ3n) is 5.71. The lowest BCUT2D eigenvalue weighted by atomic mass is 10.0. The number of ether oxygens (including phenoxy) is 2. The molecule has 0 unspecified atom stereocenters. The van der Waals surface area contributed by atoms with Gasteiger partial charge in [0.05, 0.1) is 46.0 Å². The number of quaternary nitrogens is 1. The molecular formula is C24H27N2O3+. The van der Waals surface area contributed by atoms with Crippen LogP contribution in [0.5, 0.6) is 11.5 Å². The first-order chi connectivity index (χ1) is 14.2. The van der Waals surface area contributed by atoms with Crippen LogP contribution in [0.4, 0.5) is 0 Å². The van der Waals surface area contributed by atoms with Crippen molar-refractivity contribution in [3.05, 3.63) is 71.8 Å². The molecule has 0 radical (unpaired) electrons. The van der Waals surface area contributed by atoms with E-state index in [1.807, 2.05) is 17.0 Å². The fourth-order valence-electron chi connectivity index (χ4n) is 4.14. The first-order valence-electron chi connectivity index (χ1n) is 10.0. The van der Waals surface area contributed by atoms with Crippen LogP contribution in [-0.2, 0) is 6.54 Å². The predicted octanol–water partition coefficient (Wildman–Crippen LogP) is 2.40. The second-order valence-electron chi connectivity index (χ2n) is 7.40. The predicted molar refractivity (Wildman–Crippen MR) is 114 cm³/mol. The quantitative estimate of drug-likeness (QED) is 0.726. The van der Waals surface area contributed by atoms with E-state index in [4.69, 9.17) is 9.47 Å². The van der Waals surface area contributed by atoms with Crippen molar-refractivity contribution in [1.82, 2.24) is 4.90 Å². The standard InChI is InChI=1S/C24H26N2O3/c1-28-22-12-6-11-21(23(22)29-2)24(27)26-15-13-25(14-16-26)17-19-9-5-8-18-7-3-4-10-20(18)19/h3-12H,13-17H2,1-2H3/p+1. The highest BCUT2D eigenvalue weighted by Crippen LogP contribution is 2.31. The highest BCUT2D eigenvalue weighted by Gasteiger charge is 2.27. The fourth-order valence-corrected chi connectivity index (χ4v) is 4.14. The molecule has 1 N–H and O–H groups in total. The number of amides is 1. The van der Waals surface area contributed by atoms with Crippen molar-refractivity contribution in [2.45, 2.75) is 6.54 Å². The number of fused-ring (bicyclic) bond motifs is 1. The van der Waals surface area contributed by atoms with E-state index in [0.717, 1.165) is 32.7 Å². The molecule has 1 heterocycles. The Morgan fingerprint density at radius 3 is 2.41 bits per heavy atom. The molecule has 1 amide bonds. The van der Waals surface area contributed by atoms with Gasteiger partial charge >= 0.3 is 0 Å². The number of benzene rings is 3. The maximum absolute atomic E-state index is 13.1. The molecule has 29 heavy (non-hydrogen) atoms. The van der Waals surface area contributed by atoms with Crippen molar-refractivity contribution in [2.75, 3.05) is 40.4 Å². The second kappa shape index (κ2) is 8.53. The molecule has 3 aromatic carbocycles. The Morgan fingerprint density at radius 1 is 0.931 bits per heavy atom. The fraction of sp³-hybridized carbons (Fsp3) is 0.292. The summed E-state index contributed by atoms with van der Waals surface area (Å²) in [6.45, 7) is 4.31. The summed E-state index contributed by atoms with van der Waals surface area (Å²) in [4.78, 5) is 16.5. The van der Waals surface area contributed by atoms with Crippen LogP contribution >= 0.6 is 0 Å². The van der Waals surface area contributed by atoms with E-state index in [1.165, 1.54) is 21.2 Å². The molecule has 3 aromatic rings. The van der Waals surface area contributed by atoms with Crippen molar-refractivity contribution in [2.24, 2.45) is 0 Å². The Morgan fingerprint density at radius 2 is 1.66 bits per heavy atom. The number of nitrogens with one attached hydrogen (secondary N) is 1. The van der Waals surface area contributed by atoms with Crippen LogP contribution in [0.2, 0.25) is 0 Å². The lowest BCUT2D eigenvalue weighted by Crippen LogP contribution is -3.13. The smallest absolute Gasteiger partial charge is 0.258 e. The summed E-state index contributed by atoms with van der Waals surface area (Å²) < 4.78 is 10.8. The lowest BCUT2D eigenvalue weighted by molar-refractivity contribution is -0.917. The van der Waals surface area contributed by atoms with E-state index in [1.54, 1.807) is 20.3 Å². The average molecular weight is 391 g/mol. The van der Waals surface area contributed by atoms with Crippen LogP contribution in [0.25, 0.3) is 10.8 Å². The number of hydrogen-bond acceptors (Lipinski definition) is 3. The molecule has 1 aliphatic heterocycles. The number of carbonyl (C=O) groups is 1. The minimum atomic E-state index is 0.00459. The molecule has 1 fully saturated rings. The number of hydrogen-bond donors (Lipinski definition) is 1. The van der Waals surface area contributed by atoms with Gasteiger partial charge in [-0.05, 0) is 22.9 Å². The van der Waals surface area contributed by atoms with E-state index >= 15 is 0 Å². The maximum atomic E-state index is 13.1. The Balaban J connectivity index is 1.44. The molecular weight excluding hydrogens is 364 g/mol. The Labute approximate surface area is 171 Å². The summed E-state index contributed by atoms with van der Waals surface area (Å²) in [5.41, 5.74) is 1.93. The van der Waals surface area contributed by atoms with Crippen molar-refractivity contribution in [1.29, 1.82) is 0 Å². The van der Waals surface area contributed by atoms with Gasteiger partial charge in [-0.1, -0.05) is 48.5 Å². The van der Waals surface area contributed by atoms with Gasteiger partial charge in [0.2, 0.25) is 0 Å². The molecule has 0 atom stereocenters. The summed E-state index contributed by atoms with van der Waals surface area (Å²) in [7, 11) is 3.16. The SMILES string of the molecule is COc1cccc(C(=O)N2CC[NH+](Cc3cccc4ccccc34)CC2)c1OC. The molecule has 5 heteroatoms. The highest BCUT2D eigenvalue weighted by atomic mass is 16.5. The Bertz CT molecular complexity index is 1000. The van der Waals surface area contributed by atoms with Crippen LogP contribution in [0.3, 0.4) is 0 Å². The van der Waals surface area contributed by atoms with Gasteiger partial charge in [0.1, 0.15) is 6.54 Å². The topological polar surface area (TPSA) is 43.2 Å². The van der Waals surface area contributed by atoms with E-state index < -0.39 is 0 Å². The Hall–Kier alpha value is -3.05. The summed E-state index contributed by atoms with van der Waals surface area (Å²) in [5, 5.41) is 2.60. The van der Waals surface area contributed by atoms with Crippen molar-refractivity contribution in [3.8, 4) is 11.5 Å². The van der Waals surface area contributed by atoms with Gasteiger partial charge in [0.25, 0.3) is 5.91 Å². The van der Waals surface area contributed by atoms with Crippen LogP contribution in [0.1, 0.15) is 15.9 Å². The number of rotatable bonds is 5. The van der Waals surface area contributed by atoms with Gasteiger partial charge in [-0.2, -0.15) is 0 Å². The maximum Gasteiger partial charge on any atom is 0.258 e. The summed E-state index contributed by atoms with van der Waals surface area (Å²) >= 11 is 0. The minimum absolute atomic E-state index is 0.00459. The van der Waals surface area contributed by atoms with Crippen LogP contribution in [0, 0.1) is 0 Å². The van der Waals surface area contributed by atoms with E-state index in [2.05, 4.69) is 42.5 Å². The molecule has 0 aromatic heterocycles. The van der Waals surface area contributed by atoms with Gasteiger partial charge in [-0.15, -0.1) is 0 Å². The van der Waals surface area contributed by atoms with Crippen LogP contribution in [-0.4, -0.2) is 51.2 Å². The molecule has 0 saturated carbocycles. The van der Waals surface area contributed by atoms with E-state index in [-0.39, 0.29) is 5.91 Å². The third kappa shape index (κ3) is 3.91. The molecule has 1 saturated heterocycles.